The molecule has 2 aromatic rings. The monoisotopic (exact) mass is 436 g/mol. The van der Waals surface area contributed by atoms with Crippen LogP contribution in [0.15, 0.2) is 48.8 Å². The molecule has 2 aliphatic heterocycles. The maximum atomic E-state index is 12.7. The highest BCUT2D eigenvalue weighted by Crippen LogP contribution is 2.28. The van der Waals surface area contributed by atoms with Gasteiger partial charge in [0.15, 0.2) is 0 Å². The molecule has 7 heteroatoms. The molecule has 1 N–H and O–H groups in total. The summed E-state index contributed by atoms with van der Waals surface area (Å²) in [5.41, 5.74) is 1.58. The Morgan fingerprint density at radius 3 is 2.53 bits per heavy atom. The second-order valence-corrected chi connectivity index (χ2v) is 9.36. The average Bonchev–Trinajstić information content (AvgIpc) is 3.22. The third kappa shape index (κ3) is 4.87. The Morgan fingerprint density at radius 2 is 1.88 bits per heavy atom. The van der Waals surface area contributed by atoms with Gasteiger partial charge in [-0.25, -0.2) is 4.79 Å². The number of nitrogens with zero attached hydrogens (tertiary/aromatic N) is 3. The van der Waals surface area contributed by atoms with Crippen molar-refractivity contribution in [2.24, 2.45) is 5.41 Å². The number of pyridine rings is 1. The van der Waals surface area contributed by atoms with Crippen molar-refractivity contribution in [2.45, 2.75) is 45.6 Å². The van der Waals surface area contributed by atoms with Gasteiger partial charge < -0.3 is 19.9 Å². The minimum atomic E-state index is -0.330. The van der Waals surface area contributed by atoms with E-state index < -0.39 is 0 Å². The van der Waals surface area contributed by atoms with Gasteiger partial charge in [0.25, 0.3) is 0 Å². The number of carbonyl (C=O) groups excluding carboxylic acids is 2. The van der Waals surface area contributed by atoms with Gasteiger partial charge in [-0.05, 0) is 42.3 Å². The quantitative estimate of drug-likeness (QED) is 0.739. The molecule has 0 spiro atoms. The number of urea groups is 1. The predicted molar refractivity (Wildman–Crippen MR) is 124 cm³/mol. The maximum absolute atomic E-state index is 12.7. The number of hydrogen-bond donors (Lipinski definition) is 1. The molecule has 32 heavy (non-hydrogen) atoms. The van der Waals surface area contributed by atoms with E-state index in [9.17, 15) is 9.59 Å². The number of ether oxygens (including phenoxy) is 1. The second kappa shape index (κ2) is 9.18. The van der Waals surface area contributed by atoms with Crippen molar-refractivity contribution in [3.05, 3.63) is 54.4 Å². The van der Waals surface area contributed by atoms with Gasteiger partial charge in [0.05, 0.1) is 6.54 Å². The fraction of sp³-hybridized carbons (Fsp3) is 0.480. The topological polar surface area (TPSA) is 74.8 Å². The highest BCUT2D eigenvalue weighted by atomic mass is 16.5. The Balaban J connectivity index is 1.24. The van der Waals surface area contributed by atoms with Gasteiger partial charge in [-0.15, -0.1) is 0 Å². The van der Waals surface area contributed by atoms with Crippen LogP contribution in [-0.2, 0) is 4.79 Å². The standard InChI is InChI=1S/C25H32N4O3/c1-4-25(2,3)23(30)28-13-11-22(17-28)32-21-9-7-20(8-10-21)27-24(31)29-15-19(16-29)18-6-5-12-26-14-18/h5-10,12,14,19,22H,4,11,13,15-17H2,1-3H3,(H,27,31). The van der Waals surface area contributed by atoms with Crippen molar-refractivity contribution < 1.29 is 14.3 Å². The van der Waals surface area contributed by atoms with Crippen molar-refractivity contribution in [2.75, 3.05) is 31.5 Å². The summed E-state index contributed by atoms with van der Waals surface area (Å²) in [5, 5.41) is 2.94. The summed E-state index contributed by atoms with van der Waals surface area (Å²) in [7, 11) is 0. The number of amides is 3. The SMILES string of the molecule is CCC(C)(C)C(=O)N1CCC(Oc2ccc(NC(=O)N3CC(c4cccnc4)C3)cc2)C1. The number of nitrogens with one attached hydrogen (secondary N) is 1. The van der Waals surface area contributed by atoms with Crippen molar-refractivity contribution in [1.82, 2.24) is 14.8 Å². The molecule has 7 nitrogen and oxygen atoms in total. The van der Waals surface area contributed by atoms with E-state index in [4.69, 9.17) is 4.74 Å². The number of aromatic nitrogens is 1. The third-order valence-corrected chi connectivity index (χ3v) is 6.63. The Labute approximate surface area is 189 Å². The lowest BCUT2D eigenvalue weighted by Crippen LogP contribution is -2.50. The van der Waals surface area contributed by atoms with Crippen LogP contribution >= 0.6 is 0 Å². The van der Waals surface area contributed by atoms with E-state index >= 15 is 0 Å². The van der Waals surface area contributed by atoms with Crippen LogP contribution in [0, 0.1) is 5.41 Å². The first-order chi connectivity index (χ1) is 15.4. The van der Waals surface area contributed by atoms with E-state index in [1.54, 1.807) is 11.1 Å². The minimum absolute atomic E-state index is 0.00227. The van der Waals surface area contributed by atoms with E-state index in [1.807, 2.05) is 62.2 Å². The lowest BCUT2D eigenvalue weighted by Gasteiger charge is -2.39. The van der Waals surface area contributed by atoms with Crippen molar-refractivity contribution in [1.29, 1.82) is 0 Å². The molecule has 3 amide bonds. The van der Waals surface area contributed by atoms with E-state index in [2.05, 4.69) is 16.4 Å². The van der Waals surface area contributed by atoms with Gasteiger partial charge in [0.1, 0.15) is 11.9 Å². The summed E-state index contributed by atoms with van der Waals surface area (Å²) < 4.78 is 6.08. The van der Waals surface area contributed by atoms with Gasteiger partial charge in [-0.1, -0.05) is 26.8 Å². The zero-order chi connectivity index (χ0) is 22.7. The Hall–Kier alpha value is -3.09. The van der Waals surface area contributed by atoms with Crippen molar-refractivity contribution in [3.8, 4) is 5.75 Å². The summed E-state index contributed by atoms with van der Waals surface area (Å²) in [6.45, 7) is 8.79. The van der Waals surface area contributed by atoms with Crippen LogP contribution in [0.5, 0.6) is 5.75 Å². The van der Waals surface area contributed by atoms with Gasteiger partial charge in [-0.3, -0.25) is 9.78 Å². The minimum Gasteiger partial charge on any atom is -0.489 e. The van der Waals surface area contributed by atoms with Crippen molar-refractivity contribution >= 4 is 17.6 Å². The van der Waals surface area contributed by atoms with Crippen LogP contribution in [0.4, 0.5) is 10.5 Å². The summed E-state index contributed by atoms with van der Waals surface area (Å²) in [6, 6.07) is 11.3. The molecule has 0 radical (unpaired) electrons. The van der Waals surface area contributed by atoms with E-state index in [1.165, 1.54) is 5.56 Å². The molecular formula is C25H32N4O3. The zero-order valence-corrected chi connectivity index (χ0v) is 19.1. The van der Waals surface area contributed by atoms with Crippen molar-refractivity contribution in [3.63, 3.8) is 0 Å². The molecule has 1 unspecified atom stereocenters. The molecule has 2 saturated heterocycles. The smallest absolute Gasteiger partial charge is 0.321 e. The van der Waals surface area contributed by atoms with Gasteiger partial charge >= 0.3 is 6.03 Å². The van der Waals surface area contributed by atoms with Crippen LogP contribution in [0.2, 0.25) is 0 Å². The molecule has 2 aliphatic rings. The molecule has 3 heterocycles. The average molecular weight is 437 g/mol. The predicted octanol–water partition coefficient (Wildman–Crippen LogP) is 4.13. The fourth-order valence-electron chi connectivity index (χ4n) is 4.07. The molecule has 2 fully saturated rings. The zero-order valence-electron chi connectivity index (χ0n) is 19.1. The second-order valence-electron chi connectivity index (χ2n) is 9.36. The molecule has 1 aromatic heterocycles. The highest BCUT2D eigenvalue weighted by Gasteiger charge is 2.35. The normalized spacial score (nSPS) is 18.9. The van der Waals surface area contributed by atoms with Crippen LogP contribution in [0.1, 0.15) is 45.1 Å². The lowest BCUT2D eigenvalue weighted by atomic mass is 9.89. The summed E-state index contributed by atoms with van der Waals surface area (Å²) in [4.78, 5) is 33.0. The lowest BCUT2D eigenvalue weighted by molar-refractivity contribution is -0.139. The molecule has 4 rings (SSSR count). The van der Waals surface area contributed by atoms with E-state index in [0.717, 1.165) is 30.8 Å². The Bertz CT molecular complexity index is 939. The highest BCUT2D eigenvalue weighted by molar-refractivity contribution is 5.90. The van der Waals surface area contributed by atoms with E-state index in [-0.39, 0.29) is 23.5 Å². The summed E-state index contributed by atoms with van der Waals surface area (Å²) >= 11 is 0. The maximum Gasteiger partial charge on any atom is 0.321 e. The Morgan fingerprint density at radius 1 is 1.12 bits per heavy atom. The molecule has 0 saturated carbocycles. The molecule has 0 aliphatic carbocycles. The van der Waals surface area contributed by atoms with Gasteiger partial charge in [0.2, 0.25) is 5.91 Å². The number of carbonyl (C=O) groups is 2. The fourth-order valence-corrected chi connectivity index (χ4v) is 4.07. The largest absolute Gasteiger partial charge is 0.489 e. The van der Waals surface area contributed by atoms with E-state index in [0.29, 0.717) is 25.6 Å². The first-order valence-corrected chi connectivity index (χ1v) is 11.4. The van der Waals surface area contributed by atoms with Crippen LogP contribution in [0.3, 0.4) is 0 Å². The molecule has 1 aromatic carbocycles. The molecule has 170 valence electrons. The summed E-state index contributed by atoms with van der Waals surface area (Å²) in [5.74, 6) is 1.30. The molecule has 0 bridgehead atoms. The number of likely N-dealkylation sites (tertiary alicyclic amines) is 2. The van der Waals surface area contributed by atoms with Crippen LogP contribution < -0.4 is 10.1 Å². The molecule has 1 atom stereocenters. The first-order valence-electron chi connectivity index (χ1n) is 11.4. The number of benzene rings is 1. The Kier molecular flexibility index (Phi) is 6.35. The van der Waals surface area contributed by atoms with Gasteiger partial charge in [-0.2, -0.15) is 0 Å². The van der Waals surface area contributed by atoms with Crippen LogP contribution in [0.25, 0.3) is 0 Å². The van der Waals surface area contributed by atoms with Gasteiger partial charge in [0, 0.05) is 55.5 Å². The first kappa shape index (κ1) is 22.1. The number of rotatable bonds is 6. The third-order valence-electron chi connectivity index (χ3n) is 6.63. The van der Waals surface area contributed by atoms with Crippen LogP contribution in [-0.4, -0.2) is 59.0 Å². The summed E-state index contributed by atoms with van der Waals surface area (Å²) in [6.07, 6.45) is 5.27. The number of hydrogen-bond acceptors (Lipinski definition) is 4. The molecular weight excluding hydrogens is 404 g/mol. The number of anilines is 1.